The van der Waals surface area contributed by atoms with Gasteiger partial charge < -0.3 is 20.9 Å². The number of nitrogen functional groups attached to an aromatic ring is 2. The molecule has 0 bridgehead atoms. The van der Waals surface area contributed by atoms with E-state index in [1.54, 1.807) is 0 Å². The van der Waals surface area contributed by atoms with Crippen molar-refractivity contribution in [3.05, 3.63) is 23.3 Å². The van der Waals surface area contributed by atoms with Crippen molar-refractivity contribution in [3.8, 4) is 0 Å². The molecule has 0 heterocycles. The highest BCUT2D eigenvalue weighted by atomic mass is 16.5. The summed E-state index contributed by atoms with van der Waals surface area (Å²) in [5.41, 5.74) is 15.7. The normalized spacial score (nSPS) is 11.1. The van der Waals surface area contributed by atoms with Crippen LogP contribution in [0, 0.1) is 0 Å². The molecule has 0 aromatic heterocycles. The average molecular weight is 337 g/mol. The first kappa shape index (κ1) is 20.8. The van der Waals surface area contributed by atoms with Crippen LogP contribution in [0.1, 0.15) is 76.3 Å². The third-order valence-corrected chi connectivity index (χ3v) is 4.20. The second-order valence-electron chi connectivity index (χ2n) is 6.48. The molecule has 0 unspecified atom stereocenters. The van der Waals surface area contributed by atoms with Crippen LogP contribution in [0.3, 0.4) is 0 Å². The molecule has 4 heteroatoms. The summed E-state index contributed by atoms with van der Waals surface area (Å²) in [6.45, 7) is 7.03. The molecule has 4 N–H and O–H groups in total. The molecular formula is C20H36N2O2. The van der Waals surface area contributed by atoms with Gasteiger partial charge in [0.25, 0.3) is 0 Å². The lowest BCUT2D eigenvalue weighted by atomic mass is 10.1. The third-order valence-electron chi connectivity index (χ3n) is 4.20. The Morgan fingerprint density at radius 3 is 1.46 bits per heavy atom. The summed E-state index contributed by atoms with van der Waals surface area (Å²) in [5, 5.41) is 0. The Bertz CT molecular complexity index is 408. The molecule has 1 aromatic carbocycles. The molecule has 1 rings (SSSR count). The molecule has 0 fully saturated rings. The Balaban J connectivity index is 2.33. The summed E-state index contributed by atoms with van der Waals surface area (Å²) in [4.78, 5) is 0. The summed E-state index contributed by atoms with van der Waals surface area (Å²) >= 11 is 0. The van der Waals surface area contributed by atoms with E-state index in [1.807, 2.05) is 12.1 Å². The third kappa shape index (κ3) is 8.55. The van der Waals surface area contributed by atoms with Gasteiger partial charge in [0, 0.05) is 35.7 Å². The fourth-order valence-electron chi connectivity index (χ4n) is 2.60. The molecule has 0 spiro atoms. The van der Waals surface area contributed by atoms with E-state index in [0.717, 1.165) is 48.6 Å². The predicted octanol–water partition coefficient (Wildman–Crippen LogP) is 5.04. The van der Waals surface area contributed by atoms with Gasteiger partial charge in [0.05, 0.1) is 13.2 Å². The summed E-state index contributed by atoms with van der Waals surface area (Å²) in [6.07, 6.45) is 9.68. The van der Waals surface area contributed by atoms with Gasteiger partial charge in [-0.05, 0) is 25.0 Å². The zero-order valence-corrected chi connectivity index (χ0v) is 15.6. The molecule has 24 heavy (non-hydrogen) atoms. The van der Waals surface area contributed by atoms with Gasteiger partial charge in [0.2, 0.25) is 0 Å². The van der Waals surface area contributed by atoms with Crippen LogP contribution in [-0.2, 0) is 22.7 Å². The van der Waals surface area contributed by atoms with Crippen molar-refractivity contribution in [1.82, 2.24) is 0 Å². The van der Waals surface area contributed by atoms with Crippen molar-refractivity contribution in [2.75, 3.05) is 24.7 Å². The van der Waals surface area contributed by atoms with Gasteiger partial charge in [-0.15, -0.1) is 0 Å². The minimum absolute atomic E-state index is 0.528. The number of rotatable bonds is 14. The highest BCUT2D eigenvalue weighted by Crippen LogP contribution is 2.23. The molecule has 4 nitrogen and oxygen atoms in total. The van der Waals surface area contributed by atoms with Gasteiger partial charge in [0.1, 0.15) is 0 Å². The van der Waals surface area contributed by atoms with E-state index in [9.17, 15) is 0 Å². The van der Waals surface area contributed by atoms with E-state index in [1.165, 1.54) is 38.5 Å². The minimum atomic E-state index is 0.528. The number of ether oxygens (including phenoxy) is 2. The zero-order valence-electron chi connectivity index (χ0n) is 15.6. The maximum atomic E-state index is 6.13. The molecule has 0 aliphatic heterocycles. The number of hydrogen-bond acceptors (Lipinski definition) is 4. The highest BCUT2D eigenvalue weighted by molar-refractivity contribution is 5.60. The molecule has 0 radical (unpaired) electrons. The molecule has 0 aliphatic rings. The molecule has 0 saturated heterocycles. The molecule has 0 amide bonds. The quantitative estimate of drug-likeness (QED) is 0.368. The van der Waals surface area contributed by atoms with Gasteiger partial charge in [-0.3, -0.25) is 0 Å². The number of unbranched alkanes of at least 4 members (excludes halogenated alkanes) is 6. The second kappa shape index (κ2) is 13.1. The molecule has 0 saturated carbocycles. The summed E-state index contributed by atoms with van der Waals surface area (Å²) in [6, 6.07) is 3.86. The van der Waals surface area contributed by atoms with Crippen molar-refractivity contribution in [2.45, 2.75) is 78.4 Å². The van der Waals surface area contributed by atoms with Gasteiger partial charge >= 0.3 is 0 Å². The van der Waals surface area contributed by atoms with E-state index in [-0.39, 0.29) is 0 Å². The van der Waals surface area contributed by atoms with Crippen molar-refractivity contribution in [1.29, 1.82) is 0 Å². The maximum absolute atomic E-state index is 6.13. The Morgan fingerprint density at radius 1 is 0.667 bits per heavy atom. The van der Waals surface area contributed by atoms with E-state index < -0.39 is 0 Å². The molecule has 0 atom stereocenters. The van der Waals surface area contributed by atoms with Gasteiger partial charge in [0.15, 0.2) is 0 Å². The zero-order chi connectivity index (χ0) is 17.6. The van der Waals surface area contributed by atoms with Crippen LogP contribution in [-0.4, -0.2) is 13.2 Å². The Kier molecular flexibility index (Phi) is 11.3. The van der Waals surface area contributed by atoms with Crippen molar-refractivity contribution in [3.63, 3.8) is 0 Å². The Labute approximate surface area is 147 Å². The lowest BCUT2D eigenvalue weighted by molar-refractivity contribution is 0.115. The lowest BCUT2D eigenvalue weighted by Gasteiger charge is -2.13. The standard InChI is InChI=1S/C20H36N2O2/c1-3-5-7-9-11-23-15-17-13-20(22)18(14-19(17)21)16-24-12-10-8-6-4-2/h13-14H,3-12,15-16,21-22H2,1-2H3. The fourth-order valence-corrected chi connectivity index (χ4v) is 2.60. The van der Waals surface area contributed by atoms with Gasteiger partial charge in [-0.1, -0.05) is 52.4 Å². The number of anilines is 2. The Morgan fingerprint density at radius 2 is 1.08 bits per heavy atom. The maximum Gasteiger partial charge on any atom is 0.0737 e. The van der Waals surface area contributed by atoms with Crippen LogP contribution in [0.25, 0.3) is 0 Å². The minimum Gasteiger partial charge on any atom is -0.398 e. The van der Waals surface area contributed by atoms with Crippen molar-refractivity contribution < 1.29 is 9.47 Å². The van der Waals surface area contributed by atoms with E-state index in [4.69, 9.17) is 20.9 Å². The van der Waals surface area contributed by atoms with Crippen LogP contribution < -0.4 is 11.5 Å². The highest BCUT2D eigenvalue weighted by Gasteiger charge is 2.07. The first-order valence-electron chi connectivity index (χ1n) is 9.51. The van der Waals surface area contributed by atoms with Crippen molar-refractivity contribution in [2.24, 2.45) is 0 Å². The number of hydrogen-bond donors (Lipinski definition) is 2. The van der Waals surface area contributed by atoms with Gasteiger partial charge in [-0.2, -0.15) is 0 Å². The smallest absolute Gasteiger partial charge is 0.0737 e. The van der Waals surface area contributed by atoms with E-state index >= 15 is 0 Å². The SMILES string of the molecule is CCCCCCOCc1cc(N)c(COCCCCCC)cc1N. The first-order valence-corrected chi connectivity index (χ1v) is 9.51. The fraction of sp³-hybridized carbons (Fsp3) is 0.700. The Hall–Kier alpha value is -1.26. The largest absolute Gasteiger partial charge is 0.398 e. The van der Waals surface area contributed by atoms with E-state index in [2.05, 4.69) is 13.8 Å². The topological polar surface area (TPSA) is 70.5 Å². The van der Waals surface area contributed by atoms with Crippen LogP contribution in [0.4, 0.5) is 11.4 Å². The second-order valence-corrected chi connectivity index (χ2v) is 6.48. The molecule has 138 valence electrons. The lowest BCUT2D eigenvalue weighted by Crippen LogP contribution is -2.05. The average Bonchev–Trinajstić information content (AvgIpc) is 2.57. The molecular weight excluding hydrogens is 300 g/mol. The van der Waals surface area contributed by atoms with Crippen LogP contribution in [0.5, 0.6) is 0 Å². The van der Waals surface area contributed by atoms with Crippen LogP contribution in [0.2, 0.25) is 0 Å². The summed E-state index contributed by atoms with van der Waals surface area (Å²) in [7, 11) is 0. The summed E-state index contributed by atoms with van der Waals surface area (Å²) < 4.78 is 11.4. The summed E-state index contributed by atoms with van der Waals surface area (Å²) in [5.74, 6) is 0. The predicted molar refractivity (Wildman–Crippen MR) is 103 cm³/mol. The van der Waals surface area contributed by atoms with Crippen LogP contribution in [0.15, 0.2) is 12.1 Å². The number of nitrogens with two attached hydrogens (primary N) is 2. The van der Waals surface area contributed by atoms with E-state index in [0.29, 0.717) is 13.2 Å². The first-order chi connectivity index (χ1) is 11.7. The molecule has 0 aliphatic carbocycles. The number of benzene rings is 1. The molecule has 1 aromatic rings. The monoisotopic (exact) mass is 336 g/mol. The van der Waals surface area contributed by atoms with Crippen LogP contribution >= 0.6 is 0 Å². The van der Waals surface area contributed by atoms with Crippen molar-refractivity contribution >= 4 is 11.4 Å². The van der Waals surface area contributed by atoms with Gasteiger partial charge in [-0.25, -0.2) is 0 Å².